The molecule has 3 nitrogen and oxygen atoms in total. The summed E-state index contributed by atoms with van der Waals surface area (Å²) in [5.74, 6) is 4.16. The van der Waals surface area contributed by atoms with Gasteiger partial charge in [0.2, 0.25) is 0 Å². The van der Waals surface area contributed by atoms with Crippen molar-refractivity contribution < 1.29 is 0 Å². The summed E-state index contributed by atoms with van der Waals surface area (Å²) >= 11 is 3.54. The molecule has 0 unspecified atom stereocenters. The lowest BCUT2D eigenvalue weighted by Gasteiger charge is -2.30. The van der Waals surface area contributed by atoms with Gasteiger partial charge in [-0.3, -0.25) is 0 Å². The molecule has 0 spiro atoms. The molecule has 0 amide bonds. The van der Waals surface area contributed by atoms with Crippen LogP contribution in [0.15, 0.2) is 4.47 Å². The number of anilines is 1. The van der Waals surface area contributed by atoms with Crippen molar-refractivity contribution in [1.82, 2.24) is 9.97 Å². The highest BCUT2D eigenvalue weighted by Crippen LogP contribution is 2.38. The zero-order valence-corrected chi connectivity index (χ0v) is 13.9. The van der Waals surface area contributed by atoms with Gasteiger partial charge in [-0.1, -0.05) is 13.8 Å². The molecule has 106 valence electrons. The van der Waals surface area contributed by atoms with Crippen LogP contribution in [0.2, 0.25) is 0 Å². The molecule has 2 rings (SSSR count). The number of aromatic nitrogens is 2. The van der Waals surface area contributed by atoms with Crippen LogP contribution >= 0.6 is 15.9 Å². The summed E-state index contributed by atoms with van der Waals surface area (Å²) in [7, 11) is 1.91. The first-order valence-electron chi connectivity index (χ1n) is 7.24. The van der Waals surface area contributed by atoms with Gasteiger partial charge < -0.3 is 5.32 Å². The Labute approximate surface area is 124 Å². The van der Waals surface area contributed by atoms with E-state index in [2.05, 4.69) is 45.1 Å². The first-order chi connectivity index (χ1) is 9.02. The van der Waals surface area contributed by atoms with E-state index in [-0.39, 0.29) is 0 Å². The molecular formula is C15H24BrN3. The Hall–Kier alpha value is -0.640. The molecule has 1 heterocycles. The number of nitrogens with one attached hydrogen (secondary N) is 1. The summed E-state index contributed by atoms with van der Waals surface area (Å²) in [6.45, 7) is 6.71. The van der Waals surface area contributed by atoms with E-state index < -0.39 is 0 Å². The van der Waals surface area contributed by atoms with E-state index in [1.165, 1.54) is 25.7 Å². The molecule has 1 fully saturated rings. The quantitative estimate of drug-likeness (QED) is 0.887. The zero-order chi connectivity index (χ0) is 14.0. The minimum Gasteiger partial charge on any atom is -0.372 e. The Morgan fingerprint density at radius 3 is 2.32 bits per heavy atom. The first kappa shape index (κ1) is 14.8. The molecule has 1 aromatic heterocycles. The van der Waals surface area contributed by atoms with Crippen molar-refractivity contribution in [3.05, 3.63) is 16.0 Å². The molecule has 0 aromatic carbocycles. The minimum atomic E-state index is 0.536. The number of halogens is 1. The highest BCUT2D eigenvalue weighted by molar-refractivity contribution is 9.10. The molecule has 0 aliphatic heterocycles. The molecule has 0 bridgehead atoms. The van der Waals surface area contributed by atoms with Crippen LogP contribution in [0.5, 0.6) is 0 Å². The van der Waals surface area contributed by atoms with Crippen LogP contribution in [-0.4, -0.2) is 17.0 Å². The first-order valence-corrected chi connectivity index (χ1v) is 8.04. The van der Waals surface area contributed by atoms with Gasteiger partial charge in [0.25, 0.3) is 0 Å². The molecule has 19 heavy (non-hydrogen) atoms. The number of nitrogens with zero attached hydrogens (tertiary/aromatic N) is 2. The van der Waals surface area contributed by atoms with Gasteiger partial charge in [-0.25, -0.2) is 9.97 Å². The van der Waals surface area contributed by atoms with Crippen molar-refractivity contribution >= 4 is 21.7 Å². The fraction of sp³-hybridized carbons (Fsp3) is 0.733. The van der Waals surface area contributed by atoms with Gasteiger partial charge in [-0.15, -0.1) is 0 Å². The van der Waals surface area contributed by atoms with Crippen molar-refractivity contribution in [2.45, 2.75) is 52.4 Å². The van der Waals surface area contributed by atoms with Crippen LogP contribution < -0.4 is 5.32 Å². The van der Waals surface area contributed by atoms with Crippen molar-refractivity contribution in [1.29, 1.82) is 0 Å². The van der Waals surface area contributed by atoms with Crippen molar-refractivity contribution in [2.24, 2.45) is 11.8 Å². The summed E-state index contributed by atoms with van der Waals surface area (Å²) in [5.41, 5.74) is 1.03. The number of aryl methyl sites for hydroxylation is 1. The Morgan fingerprint density at radius 1 is 1.16 bits per heavy atom. The highest BCUT2D eigenvalue weighted by Gasteiger charge is 2.26. The maximum atomic E-state index is 4.68. The molecule has 1 aromatic rings. The topological polar surface area (TPSA) is 37.8 Å². The zero-order valence-electron chi connectivity index (χ0n) is 12.3. The second-order valence-electron chi connectivity index (χ2n) is 5.94. The van der Waals surface area contributed by atoms with E-state index in [1.54, 1.807) is 0 Å². The van der Waals surface area contributed by atoms with E-state index >= 15 is 0 Å². The molecule has 1 aliphatic rings. The van der Waals surface area contributed by atoms with E-state index in [4.69, 9.17) is 0 Å². The molecule has 1 aliphatic carbocycles. The predicted octanol–water partition coefficient (Wildman–Crippen LogP) is 4.52. The standard InChI is InChI=1S/C15H24BrN3/c1-9(2)11-5-7-12(8-6-11)14-18-10(3)13(16)15(17-4)19-14/h9,11-12H,5-8H2,1-4H3,(H,17,18,19). The third-order valence-corrected chi connectivity index (χ3v) is 5.30. The third kappa shape index (κ3) is 3.28. The minimum absolute atomic E-state index is 0.536. The maximum absolute atomic E-state index is 4.68. The van der Waals surface area contributed by atoms with Gasteiger partial charge in [0, 0.05) is 13.0 Å². The van der Waals surface area contributed by atoms with Crippen LogP contribution in [0, 0.1) is 18.8 Å². The summed E-state index contributed by atoms with van der Waals surface area (Å²) in [5, 5.41) is 3.14. The van der Waals surface area contributed by atoms with Gasteiger partial charge in [-0.05, 0) is 60.4 Å². The molecule has 0 saturated heterocycles. The average molecular weight is 326 g/mol. The fourth-order valence-electron chi connectivity index (χ4n) is 2.97. The second-order valence-corrected chi connectivity index (χ2v) is 6.73. The molecule has 0 radical (unpaired) electrons. The Kier molecular flexibility index (Phi) is 4.82. The molecule has 0 atom stereocenters. The van der Waals surface area contributed by atoms with E-state index in [1.807, 2.05) is 14.0 Å². The summed E-state index contributed by atoms with van der Waals surface area (Å²) in [6.07, 6.45) is 5.09. The molecule has 1 saturated carbocycles. The largest absolute Gasteiger partial charge is 0.372 e. The lowest BCUT2D eigenvalue weighted by Crippen LogP contribution is -2.19. The normalized spacial score (nSPS) is 23.7. The van der Waals surface area contributed by atoms with Gasteiger partial charge >= 0.3 is 0 Å². The fourth-order valence-corrected chi connectivity index (χ4v) is 3.35. The van der Waals surface area contributed by atoms with Gasteiger partial charge in [0.05, 0.1) is 10.2 Å². The third-order valence-electron chi connectivity index (χ3n) is 4.35. The maximum Gasteiger partial charge on any atom is 0.144 e. The van der Waals surface area contributed by atoms with Crippen molar-refractivity contribution in [3.63, 3.8) is 0 Å². The number of hydrogen-bond acceptors (Lipinski definition) is 3. The number of hydrogen-bond donors (Lipinski definition) is 1. The molecular weight excluding hydrogens is 302 g/mol. The predicted molar refractivity (Wildman–Crippen MR) is 83.6 cm³/mol. The van der Waals surface area contributed by atoms with Crippen LogP contribution in [0.25, 0.3) is 0 Å². The van der Waals surface area contributed by atoms with E-state index in [0.29, 0.717) is 5.92 Å². The van der Waals surface area contributed by atoms with Crippen molar-refractivity contribution in [2.75, 3.05) is 12.4 Å². The monoisotopic (exact) mass is 325 g/mol. The van der Waals surface area contributed by atoms with Crippen molar-refractivity contribution in [3.8, 4) is 0 Å². The lowest BCUT2D eigenvalue weighted by atomic mass is 9.77. The summed E-state index contributed by atoms with van der Waals surface area (Å²) < 4.78 is 0.981. The molecule has 1 N–H and O–H groups in total. The Balaban J connectivity index is 2.13. The second kappa shape index (κ2) is 6.21. The van der Waals surface area contributed by atoms with Gasteiger partial charge in [-0.2, -0.15) is 0 Å². The number of rotatable bonds is 3. The van der Waals surface area contributed by atoms with Crippen LogP contribution in [-0.2, 0) is 0 Å². The highest BCUT2D eigenvalue weighted by atomic mass is 79.9. The summed E-state index contributed by atoms with van der Waals surface area (Å²) in [4.78, 5) is 9.35. The van der Waals surface area contributed by atoms with E-state index in [0.717, 1.165) is 33.6 Å². The van der Waals surface area contributed by atoms with Gasteiger partial charge in [0.15, 0.2) is 0 Å². The SMILES string of the molecule is CNc1nc(C2CCC(C(C)C)CC2)nc(C)c1Br. The van der Waals surface area contributed by atoms with Crippen LogP contribution in [0.3, 0.4) is 0 Å². The van der Waals surface area contributed by atoms with E-state index in [9.17, 15) is 0 Å². The Morgan fingerprint density at radius 2 is 1.79 bits per heavy atom. The van der Waals surface area contributed by atoms with Gasteiger partial charge in [0.1, 0.15) is 11.6 Å². The summed E-state index contributed by atoms with van der Waals surface area (Å²) in [6, 6.07) is 0. The smallest absolute Gasteiger partial charge is 0.144 e. The van der Waals surface area contributed by atoms with Crippen LogP contribution in [0.1, 0.15) is 57.0 Å². The molecule has 4 heteroatoms. The Bertz CT molecular complexity index is 437. The van der Waals surface area contributed by atoms with Crippen LogP contribution in [0.4, 0.5) is 5.82 Å². The average Bonchev–Trinajstić information content (AvgIpc) is 2.41. The lowest BCUT2D eigenvalue weighted by molar-refractivity contribution is 0.254.